The number of rotatable bonds is 10. The van der Waals surface area contributed by atoms with Crippen molar-refractivity contribution in [3.8, 4) is 11.6 Å². The molecule has 2 aliphatic rings. The number of carboxylic acids is 1. The van der Waals surface area contributed by atoms with Gasteiger partial charge >= 0.3 is 5.97 Å². The van der Waals surface area contributed by atoms with Crippen LogP contribution in [0.1, 0.15) is 41.8 Å². The van der Waals surface area contributed by atoms with Crippen LogP contribution in [-0.4, -0.2) is 73.1 Å². The molecule has 2 atom stereocenters. The molecule has 4 heterocycles. The van der Waals surface area contributed by atoms with Gasteiger partial charge in [0.25, 0.3) is 0 Å². The number of nitrogens with zero attached hydrogens (tertiary/aromatic N) is 5. The Morgan fingerprint density at radius 3 is 2.72 bits per heavy atom. The zero-order valence-electron chi connectivity index (χ0n) is 23.4. The molecule has 0 aliphatic carbocycles. The summed E-state index contributed by atoms with van der Waals surface area (Å²) in [5.41, 5.74) is -0.218. The highest BCUT2D eigenvalue weighted by Crippen LogP contribution is 2.30. The van der Waals surface area contributed by atoms with Crippen LogP contribution in [0, 0.1) is 11.6 Å². The quantitative estimate of drug-likeness (QED) is 0.281. The van der Waals surface area contributed by atoms with Gasteiger partial charge in [-0.05, 0) is 50.1 Å². The number of aromatic nitrogens is 4. The lowest BCUT2D eigenvalue weighted by molar-refractivity contribution is -0.137. The normalized spacial score (nSPS) is 20.1. The number of imidazole rings is 1. The molecular formula is C30H30F3N5O5. The highest BCUT2D eigenvalue weighted by atomic mass is 19.1. The molecule has 10 nitrogen and oxygen atoms in total. The van der Waals surface area contributed by atoms with Crippen molar-refractivity contribution in [2.45, 2.75) is 57.3 Å². The van der Waals surface area contributed by atoms with Crippen LogP contribution in [-0.2, 0) is 24.4 Å². The largest absolute Gasteiger partial charge is 0.483 e. The summed E-state index contributed by atoms with van der Waals surface area (Å²) in [6.07, 6.45) is 2.81. The number of likely N-dealkylation sites (tertiary alicyclic amines) is 1. The number of fused-ring (bicyclic) bond motifs is 1. The molecule has 0 unspecified atom stereocenters. The maximum absolute atomic E-state index is 15.2. The Hall–Kier alpha value is -4.23. The Kier molecular flexibility index (Phi) is 7.93. The topological polar surface area (TPSA) is 112 Å². The number of alkyl halides is 1. The van der Waals surface area contributed by atoms with Crippen LogP contribution in [0.4, 0.5) is 13.2 Å². The van der Waals surface area contributed by atoms with Crippen LogP contribution in [0.5, 0.6) is 11.6 Å². The molecule has 4 aromatic rings. The van der Waals surface area contributed by atoms with Crippen LogP contribution in [0.2, 0.25) is 0 Å². The molecule has 226 valence electrons. The van der Waals surface area contributed by atoms with Gasteiger partial charge in [0.2, 0.25) is 5.88 Å². The summed E-state index contributed by atoms with van der Waals surface area (Å²) in [7, 11) is 0. The number of aromatic carboxylic acids is 1. The predicted octanol–water partition coefficient (Wildman–Crippen LogP) is 4.55. The average molecular weight is 598 g/mol. The van der Waals surface area contributed by atoms with Gasteiger partial charge in [-0.3, -0.25) is 4.90 Å². The van der Waals surface area contributed by atoms with Crippen molar-refractivity contribution in [3.63, 3.8) is 0 Å². The molecule has 2 aromatic heterocycles. The number of ether oxygens (including phenoxy) is 3. The van der Waals surface area contributed by atoms with E-state index < -0.39 is 23.3 Å². The molecule has 0 amide bonds. The minimum Gasteiger partial charge on any atom is -0.483 e. The van der Waals surface area contributed by atoms with Gasteiger partial charge in [0.05, 0.1) is 42.9 Å². The van der Waals surface area contributed by atoms with Gasteiger partial charge in [-0.2, -0.15) is 4.98 Å². The van der Waals surface area contributed by atoms with Crippen molar-refractivity contribution in [2.75, 3.05) is 19.8 Å². The summed E-state index contributed by atoms with van der Waals surface area (Å²) in [4.78, 5) is 27.1. The summed E-state index contributed by atoms with van der Waals surface area (Å²) in [5, 5.41) is 9.48. The van der Waals surface area contributed by atoms with Gasteiger partial charge in [0.1, 0.15) is 24.4 Å². The third-order valence-corrected chi connectivity index (χ3v) is 7.77. The molecule has 0 radical (unpaired) electrons. The van der Waals surface area contributed by atoms with Crippen LogP contribution in [0.15, 0.2) is 48.7 Å². The number of hydrogen-bond acceptors (Lipinski definition) is 8. The third kappa shape index (κ3) is 6.42. The van der Waals surface area contributed by atoms with Crippen molar-refractivity contribution >= 4 is 17.0 Å². The fourth-order valence-corrected chi connectivity index (χ4v) is 5.42. The Balaban J connectivity index is 1.10. The predicted molar refractivity (Wildman–Crippen MR) is 148 cm³/mol. The van der Waals surface area contributed by atoms with E-state index in [-0.39, 0.29) is 49.8 Å². The molecule has 2 aliphatic heterocycles. The monoisotopic (exact) mass is 597 g/mol. The molecule has 2 fully saturated rings. The smallest absolute Gasteiger partial charge is 0.335 e. The van der Waals surface area contributed by atoms with Crippen LogP contribution in [0.25, 0.3) is 11.0 Å². The fraction of sp³-hybridized carbons (Fsp3) is 0.400. The molecule has 6 rings (SSSR count). The lowest BCUT2D eigenvalue weighted by Gasteiger charge is -2.38. The van der Waals surface area contributed by atoms with Gasteiger partial charge < -0.3 is 23.9 Å². The Labute approximate surface area is 245 Å². The highest BCUT2D eigenvalue weighted by Gasteiger charge is 2.40. The first-order valence-corrected chi connectivity index (χ1v) is 14.0. The lowest BCUT2D eigenvalue weighted by Crippen LogP contribution is -2.49. The zero-order valence-corrected chi connectivity index (χ0v) is 23.4. The van der Waals surface area contributed by atoms with Crippen molar-refractivity contribution in [3.05, 3.63) is 77.5 Å². The van der Waals surface area contributed by atoms with E-state index in [1.54, 1.807) is 16.7 Å². The van der Waals surface area contributed by atoms with E-state index in [0.717, 1.165) is 12.1 Å². The van der Waals surface area contributed by atoms with Gasteiger partial charge in [0, 0.05) is 30.9 Å². The first-order valence-electron chi connectivity index (χ1n) is 14.0. The number of carboxylic acid groups (broad SMARTS) is 1. The first kappa shape index (κ1) is 28.9. The molecule has 0 bridgehead atoms. The van der Waals surface area contributed by atoms with E-state index in [0.29, 0.717) is 54.5 Å². The van der Waals surface area contributed by atoms with Crippen molar-refractivity contribution in [2.24, 2.45) is 0 Å². The molecule has 43 heavy (non-hydrogen) atoms. The Morgan fingerprint density at radius 1 is 1.16 bits per heavy atom. The van der Waals surface area contributed by atoms with Gasteiger partial charge in [-0.25, -0.2) is 27.9 Å². The van der Waals surface area contributed by atoms with Gasteiger partial charge in [0.15, 0.2) is 23.1 Å². The molecular weight excluding hydrogens is 567 g/mol. The fourth-order valence-electron chi connectivity index (χ4n) is 5.42. The standard InChI is InChI=1S/C30H30F3N5O5/c1-18-10-21(43-28-6-8-34-26(36-28)14-42-25-5-3-20(31)12-22(25)32)7-9-37(18)13-27-35-23-4-2-19(29(39)40)11-24(23)38(27)15-30(33)16-41-17-30/h2-6,8,11-12,18,21H,7,9-10,13-17H2,1H3,(H,39,40)/t18-,21-/m0/s1. The summed E-state index contributed by atoms with van der Waals surface area (Å²) >= 11 is 0. The zero-order chi connectivity index (χ0) is 30.1. The van der Waals surface area contributed by atoms with E-state index in [1.807, 2.05) is 0 Å². The van der Waals surface area contributed by atoms with E-state index >= 15 is 4.39 Å². The van der Waals surface area contributed by atoms with Gasteiger partial charge in [-0.15, -0.1) is 0 Å². The minimum absolute atomic E-state index is 0.0100. The number of piperidine rings is 1. The van der Waals surface area contributed by atoms with E-state index in [4.69, 9.17) is 19.2 Å². The van der Waals surface area contributed by atoms with E-state index in [9.17, 15) is 18.7 Å². The minimum atomic E-state index is -1.53. The lowest BCUT2D eigenvalue weighted by atomic mass is 10.0. The first-order chi connectivity index (χ1) is 20.7. The molecule has 1 N–H and O–H groups in total. The third-order valence-electron chi connectivity index (χ3n) is 7.77. The maximum Gasteiger partial charge on any atom is 0.335 e. The molecule has 13 heteroatoms. The molecule has 2 saturated heterocycles. The SMILES string of the molecule is C[C@H]1C[C@@H](Oc2ccnc(COc3ccc(F)cc3F)n2)CCN1Cc1nc2ccc(C(=O)O)cc2n1CC1(F)COC1. The van der Waals surface area contributed by atoms with E-state index in [2.05, 4.69) is 21.8 Å². The second-order valence-electron chi connectivity index (χ2n) is 11.0. The number of benzene rings is 2. The van der Waals surface area contributed by atoms with Crippen molar-refractivity contribution in [1.29, 1.82) is 0 Å². The Bertz CT molecular complexity index is 1650. The van der Waals surface area contributed by atoms with E-state index in [1.165, 1.54) is 24.4 Å². The number of carbonyl (C=O) groups is 1. The second kappa shape index (κ2) is 11.8. The van der Waals surface area contributed by atoms with Crippen LogP contribution < -0.4 is 9.47 Å². The van der Waals surface area contributed by atoms with Crippen LogP contribution >= 0.6 is 0 Å². The number of halogens is 3. The maximum atomic E-state index is 15.2. The summed E-state index contributed by atoms with van der Waals surface area (Å²) in [5.74, 6) is -1.35. The molecule has 0 saturated carbocycles. The summed E-state index contributed by atoms with van der Waals surface area (Å²) < 4.78 is 60.6. The van der Waals surface area contributed by atoms with Crippen molar-refractivity contribution in [1.82, 2.24) is 24.4 Å². The average Bonchev–Trinajstić information content (AvgIpc) is 3.29. The van der Waals surface area contributed by atoms with Crippen molar-refractivity contribution < 1.29 is 37.3 Å². The highest BCUT2D eigenvalue weighted by molar-refractivity contribution is 5.92. The van der Waals surface area contributed by atoms with Crippen LogP contribution in [0.3, 0.4) is 0 Å². The summed E-state index contributed by atoms with van der Waals surface area (Å²) in [6, 6.07) is 9.50. The summed E-state index contributed by atoms with van der Waals surface area (Å²) in [6.45, 7) is 3.12. The Morgan fingerprint density at radius 2 is 2.00 bits per heavy atom. The van der Waals surface area contributed by atoms with Gasteiger partial charge in [-0.1, -0.05) is 0 Å². The number of hydrogen-bond donors (Lipinski definition) is 1. The molecule has 0 spiro atoms. The second-order valence-corrected chi connectivity index (χ2v) is 11.0. The molecule has 2 aromatic carbocycles.